The summed E-state index contributed by atoms with van der Waals surface area (Å²) in [4.78, 5) is 12.1. The van der Waals surface area contributed by atoms with Crippen molar-refractivity contribution in [1.29, 1.82) is 0 Å². The smallest absolute Gasteiger partial charge is 0.136 e. The first-order chi connectivity index (χ1) is 10.4. The van der Waals surface area contributed by atoms with Gasteiger partial charge in [-0.1, -0.05) is 20.8 Å². The van der Waals surface area contributed by atoms with E-state index in [1.807, 2.05) is 13.8 Å². The predicted octanol–water partition coefficient (Wildman–Crippen LogP) is 3.97. The summed E-state index contributed by atoms with van der Waals surface area (Å²) in [5.41, 5.74) is -0.577. The van der Waals surface area contributed by atoms with Gasteiger partial charge < -0.3 is 9.84 Å². The minimum absolute atomic E-state index is 0.196. The Morgan fingerprint density at radius 2 is 1.95 bits per heavy atom. The fourth-order valence-corrected chi connectivity index (χ4v) is 4.71. The number of hydrogen-bond donors (Lipinski definition) is 1. The van der Waals surface area contributed by atoms with Crippen LogP contribution in [0.3, 0.4) is 0 Å². The zero-order chi connectivity index (χ0) is 16.3. The van der Waals surface area contributed by atoms with Gasteiger partial charge in [0.2, 0.25) is 0 Å². The minimum atomic E-state index is -0.577. The lowest BCUT2D eigenvalue weighted by atomic mass is 9.70. The number of fused-ring (bicyclic) bond motifs is 1. The first-order valence-electron chi connectivity index (χ1n) is 9.28. The molecular weight excluding hydrogens is 276 g/mol. The second kappa shape index (κ2) is 7.44. The summed E-state index contributed by atoms with van der Waals surface area (Å²) in [6.45, 7) is 9.15. The molecule has 0 heterocycles. The number of rotatable bonds is 7. The molecule has 2 aliphatic rings. The average molecular weight is 310 g/mol. The molecule has 2 rings (SSSR count). The molecule has 3 nitrogen and oxygen atoms in total. The molecule has 0 aromatic carbocycles. The van der Waals surface area contributed by atoms with Gasteiger partial charge in [0.25, 0.3) is 0 Å². The maximum Gasteiger partial charge on any atom is 0.136 e. The zero-order valence-electron chi connectivity index (χ0n) is 14.8. The van der Waals surface area contributed by atoms with Crippen LogP contribution in [0.4, 0.5) is 0 Å². The summed E-state index contributed by atoms with van der Waals surface area (Å²) in [5, 5.41) is 10.3. The molecule has 5 atom stereocenters. The summed E-state index contributed by atoms with van der Waals surface area (Å²) in [6.07, 6.45) is 6.47. The second-order valence-corrected chi connectivity index (χ2v) is 7.66. The molecule has 0 aromatic rings. The Hall–Kier alpha value is -0.410. The van der Waals surface area contributed by atoms with Crippen LogP contribution in [0.1, 0.15) is 72.6 Å². The van der Waals surface area contributed by atoms with Crippen LogP contribution in [-0.2, 0) is 9.53 Å². The van der Waals surface area contributed by atoms with E-state index in [1.54, 1.807) is 0 Å². The molecule has 0 amide bonds. The molecule has 0 radical (unpaired) electrons. The lowest BCUT2D eigenvalue weighted by Crippen LogP contribution is -2.37. The zero-order valence-corrected chi connectivity index (χ0v) is 14.8. The van der Waals surface area contributed by atoms with Crippen LogP contribution in [0.15, 0.2) is 0 Å². The lowest BCUT2D eigenvalue weighted by molar-refractivity contribution is -0.128. The highest BCUT2D eigenvalue weighted by Crippen LogP contribution is 2.48. The molecular formula is C19H34O3. The van der Waals surface area contributed by atoms with E-state index >= 15 is 0 Å². The van der Waals surface area contributed by atoms with Crippen LogP contribution in [0, 0.1) is 23.7 Å². The molecule has 3 heteroatoms. The van der Waals surface area contributed by atoms with Gasteiger partial charge in [0.1, 0.15) is 5.78 Å². The molecule has 0 saturated heterocycles. The highest BCUT2D eigenvalue weighted by molar-refractivity contribution is 5.82. The third-order valence-electron chi connectivity index (χ3n) is 6.55. The van der Waals surface area contributed by atoms with Gasteiger partial charge in [-0.2, -0.15) is 0 Å². The Balaban J connectivity index is 1.87. The van der Waals surface area contributed by atoms with Gasteiger partial charge in [-0.3, -0.25) is 4.79 Å². The monoisotopic (exact) mass is 310 g/mol. The van der Waals surface area contributed by atoms with E-state index in [4.69, 9.17) is 4.74 Å². The van der Waals surface area contributed by atoms with Crippen molar-refractivity contribution in [3.63, 3.8) is 0 Å². The Labute approximate surface area is 135 Å². The van der Waals surface area contributed by atoms with E-state index in [2.05, 4.69) is 13.8 Å². The Morgan fingerprint density at radius 3 is 2.59 bits per heavy atom. The van der Waals surface area contributed by atoms with E-state index in [0.29, 0.717) is 42.5 Å². The quantitative estimate of drug-likeness (QED) is 0.774. The van der Waals surface area contributed by atoms with Crippen molar-refractivity contribution in [1.82, 2.24) is 0 Å². The molecule has 128 valence electrons. The van der Waals surface area contributed by atoms with Crippen molar-refractivity contribution in [2.45, 2.75) is 84.3 Å². The van der Waals surface area contributed by atoms with E-state index in [0.717, 1.165) is 38.5 Å². The van der Waals surface area contributed by atoms with Gasteiger partial charge in [-0.25, -0.2) is 0 Å². The first kappa shape index (κ1) is 17.9. The summed E-state index contributed by atoms with van der Waals surface area (Å²) < 4.78 is 6.09. The number of Topliss-reactive ketones (excluding diaryl/α,β-unsaturated/α-hetero) is 1. The number of aliphatic hydroxyl groups is 1. The van der Waals surface area contributed by atoms with E-state index in [-0.39, 0.29) is 6.10 Å². The van der Waals surface area contributed by atoms with Crippen molar-refractivity contribution in [2.24, 2.45) is 23.7 Å². The number of ether oxygens (including phenoxy) is 1. The van der Waals surface area contributed by atoms with Crippen molar-refractivity contribution >= 4 is 5.78 Å². The van der Waals surface area contributed by atoms with Gasteiger partial charge >= 0.3 is 0 Å². The number of carbonyl (C=O) groups excluding carboxylic acids is 1. The first-order valence-corrected chi connectivity index (χ1v) is 9.28. The van der Waals surface area contributed by atoms with Crippen molar-refractivity contribution < 1.29 is 14.6 Å². The van der Waals surface area contributed by atoms with Gasteiger partial charge in [0.15, 0.2) is 0 Å². The summed E-state index contributed by atoms with van der Waals surface area (Å²) in [5.74, 6) is 2.46. The summed E-state index contributed by atoms with van der Waals surface area (Å²) >= 11 is 0. The normalized spacial score (nSPS) is 33.8. The van der Waals surface area contributed by atoms with Gasteiger partial charge in [0.05, 0.1) is 11.7 Å². The number of hydrogen-bond acceptors (Lipinski definition) is 3. The molecule has 0 aromatic heterocycles. The maximum atomic E-state index is 12.1. The van der Waals surface area contributed by atoms with Crippen molar-refractivity contribution in [2.75, 3.05) is 6.61 Å². The molecule has 2 fully saturated rings. The summed E-state index contributed by atoms with van der Waals surface area (Å²) in [6, 6.07) is 0. The van der Waals surface area contributed by atoms with Crippen LogP contribution < -0.4 is 0 Å². The minimum Gasteiger partial charge on any atom is -0.390 e. The molecule has 1 N–H and O–H groups in total. The molecule has 0 bridgehead atoms. The van der Waals surface area contributed by atoms with E-state index in [9.17, 15) is 9.90 Å². The van der Waals surface area contributed by atoms with Crippen molar-refractivity contribution in [3.05, 3.63) is 0 Å². The van der Waals surface area contributed by atoms with E-state index in [1.165, 1.54) is 0 Å². The lowest BCUT2D eigenvalue weighted by Gasteiger charge is -2.36. The van der Waals surface area contributed by atoms with Crippen LogP contribution in [0.5, 0.6) is 0 Å². The van der Waals surface area contributed by atoms with Gasteiger partial charge in [-0.15, -0.1) is 0 Å². The summed E-state index contributed by atoms with van der Waals surface area (Å²) in [7, 11) is 0. The fourth-order valence-electron chi connectivity index (χ4n) is 4.71. The molecule has 0 aliphatic heterocycles. The Morgan fingerprint density at radius 1 is 1.27 bits per heavy atom. The highest BCUT2D eigenvalue weighted by atomic mass is 16.5. The molecule has 2 aliphatic carbocycles. The molecule has 22 heavy (non-hydrogen) atoms. The Kier molecular flexibility index (Phi) is 6.07. The molecule has 2 saturated carbocycles. The largest absolute Gasteiger partial charge is 0.390 e. The number of ketones is 1. The van der Waals surface area contributed by atoms with Gasteiger partial charge in [-0.05, 0) is 63.2 Å². The molecule has 0 spiro atoms. The van der Waals surface area contributed by atoms with E-state index < -0.39 is 5.60 Å². The van der Waals surface area contributed by atoms with Crippen LogP contribution in [-0.4, -0.2) is 29.2 Å². The number of carbonyl (C=O) groups is 1. The predicted molar refractivity (Wildman–Crippen MR) is 88.7 cm³/mol. The Bertz CT molecular complexity index is 375. The fraction of sp³-hybridized carbons (Fsp3) is 0.947. The second-order valence-electron chi connectivity index (χ2n) is 7.66. The SMILES string of the molecule is CCC(O)(CC)CCOC(C)C1CCC2C(=O)CCC(C)C21. The third-order valence-corrected chi connectivity index (χ3v) is 6.55. The average Bonchev–Trinajstić information content (AvgIpc) is 2.97. The van der Waals surface area contributed by atoms with Crippen LogP contribution >= 0.6 is 0 Å². The van der Waals surface area contributed by atoms with Gasteiger partial charge in [0, 0.05) is 18.9 Å². The van der Waals surface area contributed by atoms with Crippen LogP contribution in [0.25, 0.3) is 0 Å². The maximum absolute atomic E-state index is 12.1. The highest BCUT2D eigenvalue weighted by Gasteiger charge is 2.47. The van der Waals surface area contributed by atoms with Crippen molar-refractivity contribution in [3.8, 4) is 0 Å². The third kappa shape index (κ3) is 3.73. The topological polar surface area (TPSA) is 46.5 Å². The standard InChI is InChI=1S/C19H34O3/c1-5-19(21,6-2)11-12-22-14(4)15-8-9-16-17(20)10-7-13(3)18(15)16/h13-16,18,21H,5-12H2,1-4H3. The van der Waals surface area contributed by atoms with Crippen LogP contribution in [0.2, 0.25) is 0 Å². The molecule has 5 unspecified atom stereocenters.